The Morgan fingerprint density at radius 3 is 2.52 bits per heavy atom. The molecule has 25 heavy (non-hydrogen) atoms. The standard InChI is InChI=1S/C17H17N3O4S/c1-2-23-14-4-6-16(7-5-14)25(21,22)20-11-15(12-20)24-17-8-3-13(9-18)10-19-17/h3-8,10,15H,2,11-12H2,1H3. The van der Waals surface area contributed by atoms with Crippen molar-refractivity contribution in [3.8, 4) is 17.7 Å². The number of ether oxygens (including phenoxy) is 2. The summed E-state index contributed by atoms with van der Waals surface area (Å²) in [5.74, 6) is 1.01. The lowest BCUT2D eigenvalue weighted by Crippen LogP contribution is -2.56. The zero-order valence-corrected chi connectivity index (χ0v) is 14.4. The molecule has 1 aromatic heterocycles. The molecule has 0 amide bonds. The fourth-order valence-electron chi connectivity index (χ4n) is 2.38. The maximum Gasteiger partial charge on any atom is 0.243 e. The van der Waals surface area contributed by atoms with Gasteiger partial charge in [-0.2, -0.15) is 9.57 Å². The Labute approximate surface area is 146 Å². The molecule has 1 fully saturated rings. The number of hydrogen-bond donors (Lipinski definition) is 0. The van der Waals surface area contributed by atoms with Crippen LogP contribution in [0.15, 0.2) is 47.5 Å². The van der Waals surface area contributed by atoms with Crippen LogP contribution in [0.4, 0.5) is 0 Å². The van der Waals surface area contributed by atoms with Crippen LogP contribution in [0.2, 0.25) is 0 Å². The smallest absolute Gasteiger partial charge is 0.243 e. The molecule has 3 rings (SSSR count). The fraction of sp³-hybridized carbons (Fsp3) is 0.294. The highest BCUT2D eigenvalue weighted by molar-refractivity contribution is 7.89. The molecule has 1 aromatic carbocycles. The molecule has 8 heteroatoms. The van der Waals surface area contributed by atoms with Gasteiger partial charge in [0.25, 0.3) is 0 Å². The van der Waals surface area contributed by atoms with E-state index in [4.69, 9.17) is 14.7 Å². The summed E-state index contributed by atoms with van der Waals surface area (Å²) in [4.78, 5) is 4.24. The van der Waals surface area contributed by atoms with E-state index in [0.717, 1.165) is 0 Å². The predicted octanol–water partition coefficient (Wildman–Crippen LogP) is 1.80. The van der Waals surface area contributed by atoms with E-state index in [1.807, 2.05) is 13.0 Å². The highest BCUT2D eigenvalue weighted by Crippen LogP contribution is 2.25. The molecule has 1 aliphatic heterocycles. The van der Waals surface area contributed by atoms with E-state index >= 15 is 0 Å². The van der Waals surface area contributed by atoms with Crippen LogP contribution < -0.4 is 9.47 Å². The topological polar surface area (TPSA) is 92.5 Å². The van der Waals surface area contributed by atoms with Crippen LogP contribution in [0.3, 0.4) is 0 Å². The summed E-state index contributed by atoms with van der Waals surface area (Å²) >= 11 is 0. The number of pyridine rings is 1. The van der Waals surface area contributed by atoms with Crippen molar-refractivity contribution in [2.75, 3.05) is 19.7 Å². The highest BCUT2D eigenvalue weighted by Gasteiger charge is 2.38. The van der Waals surface area contributed by atoms with Gasteiger partial charge in [-0.05, 0) is 37.3 Å². The molecule has 130 valence electrons. The van der Waals surface area contributed by atoms with Crippen molar-refractivity contribution >= 4 is 10.0 Å². The molecule has 2 heterocycles. The lowest BCUT2D eigenvalue weighted by atomic mass is 10.2. The van der Waals surface area contributed by atoms with E-state index in [1.54, 1.807) is 24.3 Å². The number of nitrogens with zero attached hydrogens (tertiary/aromatic N) is 3. The first-order chi connectivity index (χ1) is 12.0. The van der Waals surface area contributed by atoms with Crippen LogP contribution >= 0.6 is 0 Å². The number of hydrogen-bond acceptors (Lipinski definition) is 6. The first-order valence-corrected chi connectivity index (χ1v) is 9.22. The van der Waals surface area contributed by atoms with Crippen LogP contribution in [0.25, 0.3) is 0 Å². The summed E-state index contributed by atoms with van der Waals surface area (Å²) in [5, 5.41) is 8.74. The van der Waals surface area contributed by atoms with Gasteiger partial charge in [-0.15, -0.1) is 0 Å². The number of aromatic nitrogens is 1. The predicted molar refractivity (Wildman–Crippen MR) is 89.7 cm³/mol. The normalized spacial score (nSPS) is 15.2. The molecule has 0 radical (unpaired) electrons. The fourth-order valence-corrected chi connectivity index (χ4v) is 3.89. The maximum absolute atomic E-state index is 12.5. The SMILES string of the molecule is CCOc1ccc(S(=O)(=O)N2CC(Oc3ccc(C#N)cn3)C2)cc1. The van der Waals surface area contributed by atoms with E-state index in [1.165, 1.54) is 22.6 Å². The minimum absolute atomic E-state index is 0.228. The van der Waals surface area contributed by atoms with Crippen molar-refractivity contribution in [3.63, 3.8) is 0 Å². The van der Waals surface area contributed by atoms with Crippen LogP contribution in [0.1, 0.15) is 12.5 Å². The number of sulfonamides is 1. The second kappa shape index (κ2) is 7.09. The van der Waals surface area contributed by atoms with Crippen LogP contribution in [-0.4, -0.2) is 43.5 Å². The summed E-state index contributed by atoms with van der Waals surface area (Å²) in [6, 6.07) is 11.5. The first-order valence-electron chi connectivity index (χ1n) is 7.78. The summed E-state index contributed by atoms with van der Waals surface area (Å²) in [7, 11) is -3.54. The largest absolute Gasteiger partial charge is 0.494 e. The lowest BCUT2D eigenvalue weighted by Gasteiger charge is -2.37. The van der Waals surface area contributed by atoms with Crippen molar-refractivity contribution in [3.05, 3.63) is 48.2 Å². The van der Waals surface area contributed by atoms with Gasteiger partial charge in [0.05, 0.1) is 30.2 Å². The summed E-state index contributed by atoms with van der Waals surface area (Å²) < 4.78 is 37.4. The van der Waals surface area contributed by atoms with Gasteiger partial charge in [0.2, 0.25) is 15.9 Å². The third-order valence-corrected chi connectivity index (χ3v) is 5.59. The molecule has 1 saturated heterocycles. The van der Waals surface area contributed by atoms with Gasteiger partial charge >= 0.3 is 0 Å². The molecule has 2 aromatic rings. The van der Waals surface area contributed by atoms with Crippen molar-refractivity contribution in [1.29, 1.82) is 5.26 Å². The van der Waals surface area contributed by atoms with Crippen molar-refractivity contribution in [2.45, 2.75) is 17.9 Å². The second-order valence-corrected chi connectivity index (χ2v) is 7.40. The third-order valence-electron chi connectivity index (χ3n) is 3.74. The Morgan fingerprint density at radius 1 is 1.24 bits per heavy atom. The number of benzene rings is 1. The summed E-state index contributed by atoms with van der Waals surface area (Å²) in [6.07, 6.45) is 1.17. The third kappa shape index (κ3) is 3.73. The monoisotopic (exact) mass is 359 g/mol. The highest BCUT2D eigenvalue weighted by atomic mass is 32.2. The van der Waals surface area contributed by atoms with Gasteiger partial charge in [-0.1, -0.05) is 0 Å². The van der Waals surface area contributed by atoms with Gasteiger partial charge in [-0.3, -0.25) is 0 Å². The van der Waals surface area contributed by atoms with Crippen molar-refractivity contribution in [2.24, 2.45) is 0 Å². The quantitative estimate of drug-likeness (QED) is 0.781. The summed E-state index contributed by atoms with van der Waals surface area (Å²) in [5.41, 5.74) is 0.445. The molecule has 1 aliphatic rings. The van der Waals surface area contributed by atoms with Gasteiger partial charge in [0, 0.05) is 12.3 Å². The molecular formula is C17H17N3O4S. The number of rotatable bonds is 6. The Hall–Kier alpha value is -2.63. The van der Waals surface area contributed by atoms with Crippen LogP contribution in [-0.2, 0) is 10.0 Å². The molecule has 0 unspecified atom stereocenters. The van der Waals surface area contributed by atoms with Crippen molar-refractivity contribution in [1.82, 2.24) is 9.29 Å². The molecule has 0 aliphatic carbocycles. The number of nitriles is 1. The molecule has 0 saturated carbocycles. The Kier molecular flexibility index (Phi) is 4.88. The Bertz CT molecular complexity index is 868. The minimum atomic E-state index is -3.54. The molecule has 0 spiro atoms. The molecule has 0 atom stereocenters. The van der Waals surface area contributed by atoms with Crippen molar-refractivity contribution < 1.29 is 17.9 Å². The molecule has 0 bridgehead atoms. The van der Waals surface area contributed by atoms with E-state index < -0.39 is 10.0 Å². The van der Waals surface area contributed by atoms with Crippen LogP contribution in [0, 0.1) is 11.3 Å². The maximum atomic E-state index is 12.5. The van der Waals surface area contributed by atoms with Gasteiger partial charge in [0.15, 0.2) is 0 Å². The average molecular weight is 359 g/mol. The Balaban J connectivity index is 1.59. The van der Waals surface area contributed by atoms with E-state index in [2.05, 4.69) is 4.98 Å². The lowest BCUT2D eigenvalue weighted by molar-refractivity contribution is 0.0721. The van der Waals surface area contributed by atoms with E-state index in [0.29, 0.717) is 23.8 Å². The zero-order valence-electron chi connectivity index (χ0n) is 13.6. The second-order valence-electron chi connectivity index (χ2n) is 5.46. The zero-order chi connectivity index (χ0) is 17.9. The summed E-state index contributed by atoms with van der Waals surface area (Å²) in [6.45, 7) is 2.92. The molecule has 7 nitrogen and oxygen atoms in total. The average Bonchev–Trinajstić information content (AvgIpc) is 2.59. The van der Waals surface area contributed by atoms with E-state index in [9.17, 15) is 8.42 Å². The van der Waals surface area contributed by atoms with Gasteiger partial charge in [0.1, 0.15) is 17.9 Å². The Morgan fingerprint density at radius 2 is 1.96 bits per heavy atom. The minimum Gasteiger partial charge on any atom is -0.494 e. The van der Waals surface area contributed by atoms with E-state index in [-0.39, 0.29) is 24.1 Å². The van der Waals surface area contributed by atoms with Crippen LogP contribution in [0.5, 0.6) is 11.6 Å². The molecule has 0 N–H and O–H groups in total. The first kappa shape index (κ1) is 17.2. The molecular weight excluding hydrogens is 342 g/mol. The van der Waals surface area contributed by atoms with Gasteiger partial charge < -0.3 is 9.47 Å². The van der Waals surface area contributed by atoms with Gasteiger partial charge in [-0.25, -0.2) is 13.4 Å².